The lowest BCUT2D eigenvalue weighted by molar-refractivity contribution is -0.139. The molecule has 0 aromatic rings. The third-order valence-electron chi connectivity index (χ3n) is 2.80. The predicted molar refractivity (Wildman–Crippen MR) is 63.5 cm³/mol. The van der Waals surface area contributed by atoms with Gasteiger partial charge in [-0.1, -0.05) is 13.8 Å². The maximum atomic E-state index is 11.9. The van der Waals surface area contributed by atoms with E-state index in [9.17, 15) is 13.2 Å². The molecule has 1 fully saturated rings. The highest BCUT2D eigenvalue weighted by Crippen LogP contribution is 2.22. The summed E-state index contributed by atoms with van der Waals surface area (Å²) in [5.41, 5.74) is 0. The van der Waals surface area contributed by atoms with Gasteiger partial charge in [0.1, 0.15) is 6.54 Å². The third kappa shape index (κ3) is 4.25. The topological polar surface area (TPSA) is 75.7 Å². The lowest BCUT2D eigenvalue weighted by atomic mass is 9.94. The SMILES string of the molecule is COC(=O)CNS(=O)(=O)N1CC(C)CC(C)C1. The highest BCUT2D eigenvalue weighted by molar-refractivity contribution is 7.87. The van der Waals surface area contributed by atoms with E-state index in [1.807, 2.05) is 13.8 Å². The van der Waals surface area contributed by atoms with Gasteiger partial charge in [0, 0.05) is 13.1 Å². The van der Waals surface area contributed by atoms with Gasteiger partial charge in [0.05, 0.1) is 7.11 Å². The summed E-state index contributed by atoms with van der Waals surface area (Å²) in [6.07, 6.45) is 1.03. The van der Waals surface area contributed by atoms with Crippen LogP contribution >= 0.6 is 0 Å². The minimum atomic E-state index is -3.57. The first kappa shape index (κ1) is 14.4. The van der Waals surface area contributed by atoms with Crippen molar-refractivity contribution >= 4 is 16.2 Å². The number of ether oxygens (including phenoxy) is 1. The first-order valence-corrected chi connectivity index (χ1v) is 7.10. The second kappa shape index (κ2) is 5.79. The number of hydrogen-bond donors (Lipinski definition) is 1. The second-order valence-electron chi connectivity index (χ2n) is 4.67. The minimum absolute atomic E-state index is 0.321. The molecule has 1 heterocycles. The number of carbonyl (C=O) groups is 1. The van der Waals surface area contributed by atoms with Crippen LogP contribution in [0.2, 0.25) is 0 Å². The van der Waals surface area contributed by atoms with Crippen LogP contribution in [0, 0.1) is 11.8 Å². The van der Waals surface area contributed by atoms with Gasteiger partial charge in [-0.25, -0.2) is 0 Å². The monoisotopic (exact) mass is 264 g/mol. The Morgan fingerprint density at radius 3 is 2.35 bits per heavy atom. The van der Waals surface area contributed by atoms with E-state index in [1.165, 1.54) is 11.4 Å². The lowest BCUT2D eigenvalue weighted by Crippen LogP contribution is -2.48. The van der Waals surface area contributed by atoms with E-state index in [0.29, 0.717) is 24.9 Å². The Morgan fingerprint density at radius 2 is 1.88 bits per heavy atom. The van der Waals surface area contributed by atoms with E-state index in [0.717, 1.165) is 6.42 Å². The molecular formula is C10H20N2O4S. The molecule has 2 unspecified atom stereocenters. The summed E-state index contributed by atoms with van der Waals surface area (Å²) in [7, 11) is -2.35. The van der Waals surface area contributed by atoms with Crippen molar-refractivity contribution in [1.29, 1.82) is 0 Å². The normalized spacial score (nSPS) is 26.8. The summed E-state index contributed by atoms with van der Waals surface area (Å²) in [5, 5.41) is 0. The number of nitrogens with one attached hydrogen (secondary N) is 1. The van der Waals surface area contributed by atoms with Crippen LogP contribution in [0.4, 0.5) is 0 Å². The van der Waals surface area contributed by atoms with Crippen molar-refractivity contribution in [2.45, 2.75) is 20.3 Å². The Bertz CT molecular complexity index is 359. The number of piperidine rings is 1. The number of carbonyl (C=O) groups excluding carboxylic acids is 1. The summed E-state index contributed by atoms with van der Waals surface area (Å²) in [5.74, 6) is 0.0913. The van der Waals surface area contributed by atoms with Gasteiger partial charge in [0.25, 0.3) is 10.2 Å². The summed E-state index contributed by atoms with van der Waals surface area (Å²) in [4.78, 5) is 10.9. The standard InChI is InChI=1S/C10H20N2O4S/c1-8-4-9(2)7-12(6-8)17(14,15)11-5-10(13)16-3/h8-9,11H,4-7H2,1-3H3. The fourth-order valence-electron chi connectivity index (χ4n) is 2.12. The predicted octanol–water partition coefficient (Wildman–Crippen LogP) is -0.0283. The molecule has 7 heteroatoms. The first-order chi connectivity index (χ1) is 7.85. The van der Waals surface area contributed by atoms with Crippen molar-refractivity contribution in [3.63, 3.8) is 0 Å². The first-order valence-electron chi connectivity index (χ1n) is 5.66. The van der Waals surface area contributed by atoms with Crippen LogP contribution in [-0.4, -0.2) is 45.4 Å². The molecule has 0 spiro atoms. The van der Waals surface area contributed by atoms with Crippen LogP contribution < -0.4 is 4.72 Å². The smallest absolute Gasteiger partial charge is 0.320 e. The molecule has 0 radical (unpaired) electrons. The Labute approximate surface area is 102 Å². The fourth-order valence-corrected chi connectivity index (χ4v) is 3.50. The summed E-state index contributed by atoms with van der Waals surface area (Å²) >= 11 is 0. The quantitative estimate of drug-likeness (QED) is 0.724. The van der Waals surface area contributed by atoms with E-state index in [4.69, 9.17) is 0 Å². The van der Waals surface area contributed by atoms with Gasteiger partial charge in [-0.05, 0) is 18.3 Å². The number of rotatable bonds is 4. The van der Waals surface area contributed by atoms with E-state index in [2.05, 4.69) is 9.46 Å². The van der Waals surface area contributed by atoms with Gasteiger partial charge in [0.2, 0.25) is 0 Å². The molecule has 100 valence electrons. The highest BCUT2D eigenvalue weighted by atomic mass is 32.2. The van der Waals surface area contributed by atoms with E-state index in [-0.39, 0.29) is 6.54 Å². The maximum Gasteiger partial charge on any atom is 0.320 e. The van der Waals surface area contributed by atoms with Gasteiger partial charge in [-0.2, -0.15) is 17.4 Å². The molecule has 2 atom stereocenters. The van der Waals surface area contributed by atoms with Crippen molar-refractivity contribution in [3.8, 4) is 0 Å². The molecule has 1 rings (SSSR count). The third-order valence-corrected chi connectivity index (χ3v) is 4.29. The van der Waals surface area contributed by atoms with Crippen LogP contribution in [0.5, 0.6) is 0 Å². The number of esters is 1. The molecule has 17 heavy (non-hydrogen) atoms. The van der Waals surface area contributed by atoms with Gasteiger partial charge >= 0.3 is 5.97 Å². The summed E-state index contributed by atoms with van der Waals surface area (Å²) in [6.45, 7) is 4.73. The summed E-state index contributed by atoms with van der Waals surface area (Å²) in [6, 6.07) is 0. The van der Waals surface area contributed by atoms with Crippen molar-refractivity contribution in [2.24, 2.45) is 11.8 Å². The Kier molecular flexibility index (Phi) is 4.91. The molecule has 0 aromatic heterocycles. The van der Waals surface area contributed by atoms with Crippen LogP contribution in [0.3, 0.4) is 0 Å². The lowest BCUT2D eigenvalue weighted by Gasteiger charge is -2.33. The van der Waals surface area contributed by atoms with Gasteiger partial charge in [-0.15, -0.1) is 0 Å². The molecule has 0 aliphatic carbocycles. The van der Waals surface area contributed by atoms with Crippen molar-refractivity contribution in [1.82, 2.24) is 9.03 Å². The van der Waals surface area contributed by atoms with E-state index in [1.54, 1.807) is 0 Å². The molecule has 1 aliphatic heterocycles. The molecule has 0 amide bonds. The Balaban J connectivity index is 2.60. The van der Waals surface area contributed by atoms with E-state index < -0.39 is 16.2 Å². The fraction of sp³-hybridized carbons (Fsp3) is 0.900. The van der Waals surface area contributed by atoms with Gasteiger partial charge in [-0.3, -0.25) is 4.79 Å². The molecule has 0 aromatic carbocycles. The van der Waals surface area contributed by atoms with Gasteiger partial charge < -0.3 is 4.74 Å². The zero-order chi connectivity index (χ0) is 13.1. The summed E-state index contributed by atoms with van der Waals surface area (Å²) < 4.78 is 31.8. The molecule has 6 nitrogen and oxygen atoms in total. The van der Waals surface area contributed by atoms with Crippen molar-refractivity contribution in [3.05, 3.63) is 0 Å². The minimum Gasteiger partial charge on any atom is -0.468 e. The number of hydrogen-bond acceptors (Lipinski definition) is 4. The molecule has 0 saturated carbocycles. The Morgan fingerprint density at radius 1 is 1.35 bits per heavy atom. The Hall–Kier alpha value is -0.660. The molecule has 1 aliphatic rings. The molecular weight excluding hydrogens is 244 g/mol. The van der Waals surface area contributed by atoms with Crippen LogP contribution in [0.15, 0.2) is 0 Å². The average molecular weight is 264 g/mol. The maximum absolute atomic E-state index is 11.9. The highest BCUT2D eigenvalue weighted by Gasteiger charge is 2.30. The van der Waals surface area contributed by atoms with Gasteiger partial charge in [0.15, 0.2) is 0 Å². The molecule has 1 saturated heterocycles. The second-order valence-corrected chi connectivity index (χ2v) is 6.42. The van der Waals surface area contributed by atoms with Crippen molar-refractivity contribution in [2.75, 3.05) is 26.7 Å². The van der Waals surface area contributed by atoms with Crippen LogP contribution in [-0.2, 0) is 19.7 Å². The van der Waals surface area contributed by atoms with Crippen LogP contribution in [0.1, 0.15) is 20.3 Å². The average Bonchev–Trinajstić information content (AvgIpc) is 2.24. The zero-order valence-electron chi connectivity index (χ0n) is 10.5. The number of nitrogens with zero attached hydrogens (tertiary/aromatic N) is 1. The largest absolute Gasteiger partial charge is 0.468 e. The number of methoxy groups -OCH3 is 1. The van der Waals surface area contributed by atoms with E-state index >= 15 is 0 Å². The van der Waals surface area contributed by atoms with Crippen molar-refractivity contribution < 1.29 is 17.9 Å². The zero-order valence-corrected chi connectivity index (χ0v) is 11.3. The molecule has 0 bridgehead atoms. The molecule has 1 N–H and O–H groups in total. The van der Waals surface area contributed by atoms with Crippen LogP contribution in [0.25, 0.3) is 0 Å².